The Morgan fingerprint density at radius 1 is 1.35 bits per heavy atom. The van der Waals surface area contributed by atoms with Crippen molar-refractivity contribution in [1.29, 1.82) is 0 Å². The first-order chi connectivity index (χ1) is 8.06. The molecule has 2 N–H and O–H groups in total. The Hall–Kier alpha value is -1.47. The van der Waals surface area contributed by atoms with Crippen LogP contribution in [-0.2, 0) is 16.4 Å². The molecular formula is C10H14N4O2S. The fraction of sp³-hybridized carbons (Fsp3) is 0.400. The maximum absolute atomic E-state index is 10.9. The molecule has 0 fully saturated rings. The van der Waals surface area contributed by atoms with Gasteiger partial charge in [-0.05, 0) is 18.4 Å². The van der Waals surface area contributed by atoms with Crippen molar-refractivity contribution in [2.24, 2.45) is 0 Å². The average molecular weight is 254 g/mol. The molecule has 0 bridgehead atoms. The van der Waals surface area contributed by atoms with Gasteiger partial charge in [0.2, 0.25) is 10.0 Å². The number of nitrogens with zero attached hydrogens (tertiary/aromatic N) is 2. The number of aromatic amines is 1. The summed E-state index contributed by atoms with van der Waals surface area (Å²) >= 11 is 0. The Labute approximate surface area is 99.5 Å². The zero-order chi connectivity index (χ0) is 12.3. The van der Waals surface area contributed by atoms with E-state index in [4.69, 9.17) is 0 Å². The Morgan fingerprint density at radius 2 is 2.12 bits per heavy atom. The first kappa shape index (κ1) is 12.0. The molecular weight excluding hydrogens is 240 g/mol. The van der Waals surface area contributed by atoms with Crippen molar-refractivity contribution >= 4 is 21.2 Å². The second-order valence-corrected chi connectivity index (χ2v) is 5.67. The smallest absolute Gasteiger partial charge is 0.208 e. The van der Waals surface area contributed by atoms with Crippen molar-refractivity contribution in [2.75, 3.05) is 12.8 Å². The summed E-state index contributed by atoms with van der Waals surface area (Å²) in [6, 6.07) is 0. The largest absolute Gasteiger partial charge is 0.345 e. The van der Waals surface area contributed by atoms with Crippen molar-refractivity contribution in [3.63, 3.8) is 0 Å². The molecule has 0 aliphatic rings. The number of nitrogens with one attached hydrogen (secondary N) is 2. The average Bonchev–Trinajstić information content (AvgIpc) is 2.67. The van der Waals surface area contributed by atoms with E-state index in [0.29, 0.717) is 6.54 Å². The zero-order valence-corrected chi connectivity index (χ0v) is 10.3. The number of hydrogen-bond acceptors (Lipinski definition) is 4. The third-order valence-corrected chi connectivity index (χ3v) is 3.10. The first-order valence-corrected chi connectivity index (χ1v) is 7.17. The molecule has 2 aromatic rings. The summed E-state index contributed by atoms with van der Waals surface area (Å²) < 4.78 is 24.2. The van der Waals surface area contributed by atoms with Crippen molar-refractivity contribution in [3.05, 3.63) is 24.2 Å². The highest BCUT2D eigenvalue weighted by Gasteiger charge is 2.05. The van der Waals surface area contributed by atoms with Gasteiger partial charge >= 0.3 is 0 Å². The number of fused-ring (bicyclic) bond motifs is 1. The molecule has 0 aliphatic heterocycles. The summed E-state index contributed by atoms with van der Waals surface area (Å²) in [4.78, 5) is 11.4. The van der Waals surface area contributed by atoms with E-state index in [1.54, 1.807) is 12.4 Å². The third-order valence-electron chi connectivity index (χ3n) is 2.37. The minimum absolute atomic E-state index is 0.436. The normalized spacial score (nSPS) is 12.1. The van der Waals surface area contributed by atoms with Gasteiger partial charge in [0.15, 0.2) is 5.65 Å². The van der Waals surface area contributed by atoms with Gasteiger partial charge in [0.25, 0.3) is 0 Å². The molecule has 6 nitrogen and oxygen atoms in total. The van der Waals surface area contributed by atoms with E-state index in [9.17, 15) is 8.42 Å². The molecule has 7 heteroatoms. The lowest BCUT2D eigenvalue weighted by atomic mass is 10.2. The van der Waals surface area contributed by atoms with E-state index in [1.807, 2.05) is 6.20 Å². The van der Waals surface area contributed by atoms with Crippen LogP contribution in [0.15, 0.2) is 18.6 Å². The Morgan fingerprint density at radius 3 is 2.88 bits per heavy atom. The second-order valence-electron chi connectivity index (χ2n) is 3.84. The lowest BCUT2D eigenvalue weighted by molar-refractivity contribution is 0.585. The van der Waals surface area contributed by atoms with Crippen LogP contribution in [0.4, 0.5) is 0 Å². The molecule has 92 valence electrons. The fourth-order valence-electron chi connectivity index (χ4n) is 1.63. The molecule has 2 aromatic heterocycles. The molecule has 0 spiro atoms. The van der Waals surface area contributed by atoms with Crippen LogP contribution in [0.25, 0.3) is 11.2 Å². The predicted molar refractivity (Wildman–Crippen MR) is 65.1 cm³/mol. The number of sulfonamides is 1. The van der Waals surface area contributed by atoms with E-state index < -0.39 is 10.0 Å². The van der Waals surface area contributed by atoms with Gasteiger partial charge < -0.3 is 4.98 Å². The van der Waals surface area contributed by atoms with Crippen LogP contribution in [0.2, 0.25) is 0 Å². The van der Waals surface area contributed by atoms with Crippen LogP contribution in [0.3, 0.4) is 0 Å². The second kappa shape index (κ2) is 4.80. The van der Waals surface area contributed by atoms with Crippen LogP contribution in [0.1, 0.15) is 12.0 Å². The number of aromatic nitrogens is 3. The lowest BCUT2D eigenvalue weighted by Crippen LogP contribution is -2.23. The van der Waals surface area contributed by atoms with E-state index in [0.717, 1.165) is 35.8 Å². The minimum Gasteiger partial charge on any atom is -0.345 e. The van der Waals surface area contributed by atoms with Gasteiger partial charge in [0, 0.05) is 25.1 Å². The summed E-state index contributed by atoms with van der Waals surface area (Å²) in [6.07, 6.45) is 7.80. The summed E-state index contributed by atoms with van der Waals surface area (Å²) in [5.74, 6) is 0. The summed E-state index contributed by atoms with van der Waals surface area (Å²) in [7, 11) is -3.09. The Balaban J connectivity index is 1.96. The summed E-state index contributed by atoms with van der Waals surface area (Å²) in [5, 5.41) is 0. The molecule has 0 aromatic carbocycles. The molecule has 0 aliphatic carbocycles. The van der Waals surface area contributed by atoms with Crippen molar-refractivity contribution < 1.29 is 8.42 Å². The van der Waals surface area contributed by atoms with Crippen LogP contribution < -0.4 is 4.72 Å². The molecule has 0 radical (unpaired) electrons. The number of aryl methyl sites for hydroxylation is 1. The van der Waals surface area contributed by atoms with E-state index in [-0.39, 0.29) is 0 Å². The molecule has 2 heterocycles. The molecule has 0 saturated heterocycles. The van der Waals surface area contributed by atoms with Crippen LogP contribution in [-0.4, -0.2) is 36.2 Å². The SMILES string of the molecule is CS(=O)(=O)NCCCc1c[nH]c2nccnc12. The predicted octanol–water partition coefficient (Wildman–Crippen LogP) is 0.440. The van der Waals surface area contributed by atoms with Crippen LogP contribution >= 0.6 is 0 Å². The van der Waals surface area contributed by atoms with Gasteiger partial charge in [-0.3, -0.25) is 4.98 Å². The minimum atomic E-state index is -3.09. The lowest BCUT2D eigenvalue weighted by Gasteiger charge is -2.01. The first-order valence-electron chi connectivity index (χ1n) is 5.28. The highest BCUT2D eigenvalue weighted by molar-refractivity contribution is 7.88. The molecule has 0 saturated carbocycles. The fourth-order valence-corrected chi connectivity index (χ4v) is 2.14. The molecule has 0 amide bonds. The van der Waals surface area contributed by atoms with Crippen molar-refractivity contribution in [2.45, 2.75) is 12.8 Å². The summed E-state index contributed by atoms with van der Waals surface area (Å²) in [6.45, 7) is 0.436. The van der Waals surface area contributed by atoms with Gasteiger partial charge in [-0.25, -0.2) is 18.1 Å². The van der Waals surface area contributed by atoms with E-state index in [2.05, 4.69) is 19.7 Å². The zero-order valence-electron chi connectivity index (χ0n) is 9.47. The number of hydrogen-bond donors (Lipinski definition) is 2. The van der Waals surface area contributed by atoms with Crippen LogP contribution in [0.5, 0.6) is 0 Å². The van der Waals surface area contributed by atoms with Gasteiger partial charge in [-0.15, -0.1) is 0 Å². The maximum atomic E-state index is 10.9. The van der Waals surface area contributed by atoms with Gasteiger partial charge in [0.05, 0.1) is 6.26 Å². The van der Waals surface area contributed by atoms with Gasteiger partial charge in [-0.1, -0.05) is 0 Å². The monoisotopic (exact) mass is 254 g/mol. The standard InChI is InChI=1S/C10H14N4O2S/c1-17(15,16)14-4-2-3-8-7-13-10-9(8)11-5-6-12-10/h5-7,14H,2-4H2,1H3,(H,12,13). The van der Waals surface area contributed by atoms with Gasteiger partial charge in [0.1, 0.15) is 5.52 Å². The number of H-pyrrole nitrogens is 1. The quantitative estimate of drug-likeness (QED) is 0.758. The van der Waals surface area contributed by atoms with E-state index in [1.165, 1.54) is 0 Å². The highest BCUT2D eigenvalue weighted by atomic mass is 32.2. The molecule has 0 unspecified atom stereocenters. The Bertz CT molecular complexity index is 606. The van der Waals surface area contributed by atoms with Crippen LogP contribution in [0, 0.1) is 0 Å². The van der Waals surface area contributed by atoms with Gasteiger partial charge in [-0.2, -0.15) is 0 Å². The van der Waals surface area contributed by atoms with Crippen molar-refractivity contribution in [3.8, 4) is 0 Å². The maximum Gasteiger partial charge on any atom is 0.208 e. The Kier molecular flexibility index (Phi) is 3.39. The van der Waals surface area contributed by atoms with E-state index >= 15 is 0 Å². The molecule has 0 atom stereocenters. The number of rotatable bonds is 5. The molecule has 17 heavy (non-hydrogen) atoms. The third kappa shape index (κ3) is 3.24. The highest BCUT2D eigenvalue weighted by Crippen LogP contribution is 2.14. The molecule has 2 rings (SSSR count). The summed E-state index contributed by atoms with van der Waals surface area (Å²) in [5.41, 5.74) is 2.67. The van der Waals surface area contributed by atoms with Crippen molar-refractivity contribution in [1.82, 2.24) is 19.7 Å². The topological polar surface area (TPSA) is 87.7 Å².